The van der Waals surface area contributed by atoms with Crippen molar-refractivity contribution in [3.8, 4) is 0 Å². The van der Waals surface area contributed by atoms with Crippen LogP contribution in [0.2, 0.25) is 0 Å². The standard InChI is InChI=1S/C16H15BrFN3O/c1-3-21-7-16(8-21)14-9-4-10(17)11(18)5-12(9)19-6-13(14)20(2)15(16)22/h4-6H,3,7-8H2,1-2H3. The fourth-order valence-electron chi connectivity index (χ4n) is 3.71. The Morgan fingerprint density at radius 2 is 2.14 bits per heavy atom. The largest absolute Gasteiger partial charge is 0.313 e. The van der Waals surface area contributed by atoms with E-state index in [1.807, 2.05) is 0 Å². The molecule has 2 aliphatic rings. The zero-order valence-corrected chi connectivity index (χ0v) is 13.9. The van der Waals surface area contributed by atoms with Crippen molar-refractivity contribution in [3.05, 3.63) is 34.2 Å². The fourth-order valence-corrected chi connectivity index (χ4v) is 4.05. The predicted molar refractivity (Wildman–Crippen MR) is 86.6 cm³/mol. The molecular weight excluding hydrogens is 349 g/mol. The van der Waals surface area contributed by atoms with E-state index in [0.717, 1.165) is 23.2 Å². The molecule has 0 unspecified atom stereocenters. The minimum Gasteiger partial charge on any atom is -0.313 e. The summed E-state index contributed by atoms with van der Waals surface area (Å²) in [5.41, 5.74) is 1.93. The van der Waals surface area contributed by atoms with Crippen LogP contribution in [0.3, 0.4) is 0 Å². The van der Waals surface area contributed by atoms with Crippen LogP contribution < -0.4 is 4.90 Å². The van der Waals surface area contributed by atoms with E-state index in [9.17, 15) is 9.18 Å². The van der Waals surface area contributed by atoms with Gasteiger partial charge in [-0.25, -0.2) is 4.39 Å². The molecule has 2 aromatic rings. The highest BCUT2D eigenvalue weighted by atomic mass is 79.9. The summed E-state index contributed by atoms with van der Waals surface area (Å²) >= 11 is 3.25. The van der Waals surface area contributed by atoms with Gasteiger partial charge in [-0.15, -0.1) is 0 Å². The molecule has 114 valence electrons. The van der Waals surface area contributed by atoms with Crippen molar-refractivity contribution < 1.29 is 9.18 Å². The number of anilines is 1. The lowest BCUT2D eigenvalue weighted by Crippen LogP contribution is -2.63. The van der Waals surface area contributed by atoms with Gasteiger partial charge in [-0.3, -0.25) is 9.78 Å². The summed E-state index contributed by atoms with van der Waals surface area (Å²) in [5.74, 6) is -0.225. The monoisotopic (exact) mass is 363 g/mol. The van der Waals surface area contributed by atoms with Gasteiger partial charge in [0.05, 0.1) is 21.9 Å². The number of pyridine rings is 1. The van der Waals surface area contributed by atoms with Crippen LogP contribution >= 0.6 is 15.9 Å². The van der Waals surface area contributed by atoms with Crippen LogP contribution in [-0.2, 0) is 10.2 Å². The molecule has 0 atom stereocenters. The molecule has 22 heavy (non-hydrogen) atoms. The Labute approximate surface area is 136 Å². The third kappa shape index (κ3) is 1.59. The van der Waals surface area contributed by atoms with Crippen LogP contribution in [0.4, 0.5) is 10.1 Å². The van der Waals surface area contributed by atoms with Crippen molar-refractivity contribution in [1.29, 1.82) is 0 Å². The van der Waals surface area contributed by atoms with E-state index in [4.69, 9.17) is 0 Å². The molecule has 0 radical (unpaired) electrons. The average Bonchev–Trinajstić information content (AvgIpc) is 2.68. The second-order valence-electron chi connectivity index (χ2n) is 6.05. The predicted octanol–water partition coefficient (Wildman–Crippen LogP) is 2.69. The number of halogens is 2. The molecular formula is C16H15BrFN3O. The van der Waals surface area contributed by atoms with Crippen molar-refractivity contribution >= 4 is 38.4 Å². The van der Waals surface area contributed by atoms with E-state index in [1.54, 1.807) is 24.2 Å². The van der Waals surface area contributed by atoms with E-state index < -0.39 is 5.41 Å². The summed E-state index contributed by atoms with van der Waals surface area (Å²) in [4.78, 5) is 21.1. The number of likely N-dealkylation sites (N-methyl/N-ethyl adjacent to an activating group) is 2. The summed E-state index contributed by atoms with van der Waals surface area (Å²) in [5, 5.41) is 0.860. The Morgan fingerprint density at radius 1 is 1.41 bits per heavy atom. The van der Waals surface area contributed by atoms with Crippen LogP contribution in [0.5, 0.6) is 0 Å². The third-order valence-corrected chi connectivity index (χ3v) is 5.49. The van der Waals surface area contributed by atoms with Gasteiger partial charge in [-0.2, -0.15) is 0 Å². The molecule has 0 N–H and O–H groups in total. The molecule has 2 aliphatic heterocycles. The van der Waals surface area contributed by atoms with Crippen LogP contribution in [0.15, 0.2) is 22.8 Å². The number of amides is 1. The van der Waals surface area contributed by atoms with Gasteiger partial charge in [0, 0.05) is 37.2 Å². The van der Waals surface area contributed by atoms with E-state index in [2.05, 4.69) is 32.7 Å². The Kier molecular flexibility index (Phi) is 2.87. The first-order chi connectivity index (χ1) is 10.5. The number of hydrogen-bond donors (Lipinski definition) is 0. The number of benzene rings is 1. The molecule has 4 rings (SSSR count). The normalized spacial score (nSPS) is 19.8. The molecule has 0 bridgehead atoms. The van der Waals surface area contributed by atoms with Crippen LogP contribution in [0.25, 0.3) is 10.9 Å². The van der Waals surface area contributed by atoms with Gasteiger partial charge in [0.25, 0.3) is 0 Å². The molecule has 4 nitrogen and oxygen atoms in total. The summed E-state index contributed by atoms with van der Waals surface area (Å²) in [6.07, 6.45) is 1.69. The quantitative estimate of drug-likeness (QED) is 0.781. The summed E-state index contributed by atoms with van der Waals surface area (Å²) < 4.78 is 14.2. The average molecular weight is 364 g/mol. The van der Waals surface area contributed by atoms with E-state index >= 15 is 0 Å². The summed E-state index contributed by atoms with van der Waals surface area (Å²) in [7, 11) is 1.79. The van der Waals surface area contributed by atoms with Gasteiger partial charge in [0.1, 0.15) is 11.2 Å². The maximum Gasteiger partial charge on any atom is 0.240 e. The molecule has 1 amide bonds. The highest BCUT2D eigenvalue weighted by Crippen LogP contribution is 2.49. The Bertz CT molecular complexity index is 817. The smallest absolute Gasteiger partial charge is 0.240 e. The molecule has 1 fully saturated rings. The lowest BCUT2D eigenvalue weighted by atomic mass is 9.73. The van der Waals surface area contributed by atoms with Crippen LogP contribution in [-0.4, -0.2) is 42.5 Å². The molecule has 6 heteroatoms. The number of nitrogens with zero attached hydrogens (tertiary/aromatic N) is 3. The maximum absolute atomic E-state index is 13.8. The topological polar surface area (TPSA) is 36.4 Å². The molecule has 0 aliphatic carbocycles. The summed E-state index contributed by atoms with van der Waals surface area (Å²) in [6, 6.07) is 3.17. The highest BCUT2D eigenvalue weighted by molar-refractivity contribution is 9.10. The SMILES string of the molecule is CCN1CC2(C1)C(=O)N(C)c1cnc3cc(F)c(Br)cc3c12. The molecule has 1 saturated heterocycles. The minimum absolute atomic E-state index is 0.113. The number of fused-ring (bicyclic) bond motifs is 4. The van der Waals surface area contributed by atoms with Gasteiger partial charge in [0.15, 0.2) is 0 Å². The first-order valence-corrected chi connectivity index (χ1v) is 8.06. The maximum atomic E-state index is 13.8. The second kappa shape index (κ2) is 4.49. The Hall–Kier alpha value is -1.53. The number of carbonyl (C=O) groups is 1. The summed E-state index contributed by atoms with van der Waals surface area (Å²) in [6.45, 7) is 4.45. The zero-order valence-electron chi connectivity index (χ0n) is 12.4. The minimum atomic E-state index is -0.501. The van der Waals surface area contributed by atoms with Gasteiger partial charge < -0.3 is 9.80 Å². The number of likely N-dealkylation sites (tertiary alicyclic amines) is 1. The molecule has 1 aromatic carbocycles. The lowest BCUT2D eigenvalue weighted by molar-refractivity contribution is -0.128. The van der Waals surface area contributed by atoms with Crippen molar-refractivity contribution in [1.82, 2.24) is 9.88 Å². The first kappa shape index (κ1) is 14.1. The van der Waals surface area contributed by atoms with Crippen molar-refractivity contribution in [2.24, 2.45) is 0 Å². The van der Waals surface area contributed by atoms with E-state index in [-0.39, 0.29) is 11.7 Å². The zero-order chi connectivity index (χ0) is 15.6. The Morgan fingerprint density at radius 3 is 2.82 bits per heavy atom. The van der Waals surface area contributed by atoms with Crippen LogP contribution in [0.1, 0.15) is 12.5 Å². The second-order valence-corrected chi connectivity index (χ2v) is 6.91. The van der Waals surface area contributed by atoms with Crippen molar-refractivity contribution in [2.45, 2.75) is 12.3 Å². The third-order valence-electron chi connectivity index (χ3n) is 4.88. The molecule has 0 saturated carbocycles. The van der Waals surface area contributed by atoms with Crippen molar-refractivity contribution in [2.75, 3.05) is 31.6 Å². The molecule has 3 heterocycles. The van der Waals surface area contributed by atoms with E-state index in [1.165, 1.54) is 6.07 Å². The lowest BCUT2D eigenvalue weighted by Gasteiger charge is -2.46. The van der Waals surface area contributed by atoms with Gasteiger partial charge in [0.2, 0.25) is 5.91 Å². The highest BCUT2D eigenvalue weighted by Gasteiger charge is 2.57. The molecule has 1 spiro atoms. The first-order valence-electron chi connectivity index (χ1n) is 7.26. The van der Waals surface area contributed by atoms with Crippen LogP contribution in [0, 0.1) is 5.82 Å². The fraction of sp³-hybridized carbons (Fsp3) is 0.375. The Balaban J connectivity index is 2.01. The molecule has 1 aromatic heterocycles. The van der Waals surface area contributed by atoms with E-state index in [0.29, 0.717) is 23.1 Å². The van der Waals surface area contributed by atoms with Crippen molar-refractivity contribution in [3.63, 3.8) is 0 Å². The number of hydrogen-bond acceptors (Lipinski definition) is 3. The van der Waals surface area contributed by atoms with Gasteiger partial charge in [-0.1, -0.05) is 6.92 Å². The van der Waals surface area contributed by atoms with Gasteiger partial charge >= 0.3 is 0 Å². The number of carbonyl (C=O) groups excluding carboxylic acids is 1. The number of rotatable bonds is 1. The van der Waals surface area contributed by atoms with Gasteiger partial charge in [-0.05, 0) is 28.5 Å². The number of aromatic nitrogens is 1.